The highest BCUT2D eigenvalue weighted by atomic mass is 35.5. The van der Waals surface area contributed by atoms with E-state index in [1.165, 1.54) is 11.3 Å². The molecule has 4 nitrogen and oxygen atoms in total. The molecule has 1 aromatic carbocycles. The molecule has 0 radical (unpaired) electrons. The first kappa shape index (κ1) is 16.3. The van der Waals surface area contributed by atoms with E-state index >= 15 is 0 Å². The molecule has 0 unspecified atom stereocenters. The fourth-order valence-corrected chi connectivity index (χ4v) is 3.61. The van der Waals surface area contributed by atoms with E-state index in [9.17, 15) is 0 Å². The Kier molecular flexibility index (Phi) is 3.89. The second kappa shape index (κ2) is 5.97. The van der Waals surface area contributed by atoms with Gasteiger partial charge in [-0.05, 0) is 56.2 Å². The second-order valence-electron chi connectivity index (χ2n) is 7.20. The summed E-state index contributed by atoms with van der Waals surface area (Å²) in [6.07, 6.45) is 3.66. The van der Waals surface area contributed by atoms with Crippen LogP contribution in [0.15, 0.2) is 42.7 Å². The first-order valence-corrected chi connectivity index (χ1v) is 8.85. The quantitative estimate of drug-likeness (QED) is 0.742. The third kappa shape index (κ3) is 2.75. The molecule has 3 aromatic rings. The first-order valence-electron chi connectivity index (χ1n) is 8.47. The highest BCUT2D eigenvalue weighted by Gasteiger charge is 2.32. The second-order valence-corrected chi connectivity index (χ2v) is 7.61. The summed E-state index contributed by atoms with van der Waals surface area (Å²) in [6.45, 7) is 8.16. The molecule has 1 aliphatic rings. The summed E-state index contributed by atoms with van der Waals surface area (Å²) >= 11 is 6.23. The highest BCUT2D eigenvalue weighted by molar-refractivity contribution is 6.31. The SMILES string of the molecule is Cc1cc(-c2nn3c(c2-c2ccncc2)CNCC3(C)C)ccc1Cl. The molecule has 5 heteroatoms. The van der Waals surface area contributed by atoms with Gasteiger partial charge in [0.25, 0.3) is 0 Å². The van der Waals surface area contributed by atoms with E-state index in [2.05, 4.69) is 41.0 Å². The van der Waals surface area contributed by atoms with Crippen molar-refractivity contribution in [3.05, 3.63) is 59.0 Å². The summed E-state index contributed by atoms with van der Waals surface area (Å²) in [6, 6.07) is 10.2. The molecular weight excluding hydrogens is 332 g/mol. The van der Waals surface area contributed by atoms with Crippen molar-refractivity contribution in [1.82, 2.24) is 20.1 Å². The predicted molar refractivity (Wildman–Crippen MR) is 102 cm³/mol. The summed E-state index contributed by atoms with van der Waals surface area (Å²) in [5.74, 6) is 0. The fraction of sp³-hybridized carbons (Fsp3) is 0.300. The molecule has 25 heavy (non-hydrogen) atoms. The molecule has 128 valence electrons. The van der Waals surface area contributed by atoms with Crippen molar-refractivity contribution in [3.63, 3.8) is 0 Å². The lowest BCUT2D eigenvalue weighted by Gasteiger charge is -2.32. The minimum atomic E-state index is -0.0743. The first-order chi connectivity index (χ1) is 12.0. The summed E-state index contributed by atoms with van der Waals surface area (Å²) in [4.78, 5) is 4.16. The van der Waals surface area contributed by atoms with Crippen LogP contribution in [0, 0.1) is 6.92 Å². The lowest BCUT2D eigenvalue weighted by atomic mass is 9.96. The zero-order valence-corrected chi connectivity index (χ0v) is 15.4. The molecule has 4 rings (SSSR count). The van der Waals surface area contributed by atoms with Crippen LogP contribution in [0.2, 0.25) is 5.02 Å². The van der Waals surface area contributed by atoms with Gasteiger partial charge in [0, 0.05) is 41.6 Å². The van der Waals surface area contributed by atoms with Gasteiger partial charge in [0.1, 0.15) is 5.69 Å². The average molecular weight is 353 g/mol. The van der Waals surface area contributed by atoms with E-state index in [4.69, 9.17) is 16.7 Å². The van der Waals surface area contributed by atoms with Crippen LogP contribution in [0.5, 0.6) is 0 Å². The maximum Gasteiger partial charge on any atom is 0.100 e. The third-order valence-corrected chi connectivity index (χ3v) is 5.23. The number of pyridine rings is 1. The van der Waals surface area contributed by atoms with Gasteiger partial charge in [-0.1, -0.05) is 17.7 Å². The Morgan fingerprint density at radius 3 is 2.60 bits per heavy atom. The van der Waals surface area contributed by atoms with E-state index in [0.29, 0.717) is 0 Å². The number of nitrogens with one attached hydrogen (secondary N) is 1. The maximum atomic E-state index is 6.23. The van der Waals surface area contributed by atoms with Crippen molar-refractivity contribution >= 4 is 11.6 Å². The van der Waals surface area contributed by atoms with Crippen LogP contribution < -0.4 is 5.32 Å². The van der Waals surface area contributed by atoms with Gasteiger partial charge < -0.3 is 5.32 Å². The average Bonchev–Trinajstić information content (AvgIpc) is 2.99. The van der Waals surface area contributed by atoms with E-state index in [-0.39, 0.29) is 5.54 Å². The Balaban J connectivity index is 2.00. The van der Waals surface area contributed by atoms with E-state index in [0.717, 1.165) is 40.5 Å². The van der Waals surface area contributed by atoms with E-state index < -0.39 is 0 Å². The molecular formula is C20H21ClN4. The minimum Gasteiger partial charge on any atom is -0.309 e. The molecule has 1 N–H and O–H groups in total. The highest BCUT2D eigenvalue weighted by Crippen LogP contribution is 2.38. The molecule has 0 saturated carbocycles. The van der Waals surface area contributed by atoms with Gasteiger partial charge in [0.15, 0.2) is 0 Å². The molecule has 0 bridgehead atoms. The minimum absolute atomic E-state index is 0.0743. The van der Waals surface area contributed by atoms with Gasteiger partial charge in [-0.15, -0.1) is 0 Å². The Morgan fingerprint density at radius 2 is 1.88 bits per heavy atom. The van der Waals surface area contributed by atoms with Gasteiger partial charge in [0.05, 0.1) is 11.2 Å². The van der Waals surface area contributed by atoms with Gasteiger partial charge in [-0.3, -0.25) is 9.67 Å². The monoisotopic (exact) mass is 352 g/mol. The standard InChI is InChI=1S/C20H21ClN4/c1-13-10-15(4-5-16(13)21)19-18(14-6-8-22-9-7-14)17-11-23-12-20(2,3)25(17)24-19/h4-10,23H,11-12H2,1-3H3. The van der Waals surface area contributed by atoms with Crippen LogP contribution in [-0.4, -0.2) is 21.3 Å². The zero-order valence-electron chi connectivity index (χ0n) is 14.7. The lowest BCUT2D eigenvalue weighted by molar-refractivity contribution is 0.261. The van der Waals surface area contributed by atoms with Gasteiger partial charge >= 0.3 is 0 Å². The summed E-state index contributed by atoms with van der Waals surface area (Å²) in [5.41, 5.74) is 6.59. The van der Waals surface area contributed by atoms with Crippen molar-refractivity contribution in [3.8, 4) is 22.4 Å². The number of rotatable bonds is 2. The largest absolute Gasteiger partial charge is 0.309 e. The summed E-state index contributed by atoms with van der Waals surface area (Å²) in [5, 5.41) is 9.34. The van der Waals surface area contributed by atoms with Crippen LogP contribution in [-0.2, 0) is 12.1 Å². The molecule has 1 aliphatic heterocycles. The van der Waals surface area contributed by atoms with Crippen molar-refractivity contribution in [1.29, 1.82) is 0 Å². The van der Waals surface area contributed by atoms with Crippen molar-refractivity contribution in [2.75, 3.05) is 6.54 Å². The van der Waals surface area contributed by atoms with Crippen LogP contribution in [0.1, 0.15) is 25.1 Å². The Labute approximate surface area is 152 Å². The third-order valence-electron chi connectivity index (χ3n) is 4.80. The lowest BCUT2D eigenvalue weighted by Crippen LogP contribution is -2.44. The van der Waals surface area contributed by atoms with Crippen LogP contribution >= 0.6 is 11.6 Å². The van der Waals surface area contributed by atoms with Crippen LogP contribution in [0.25, 0.3) is 22.4 Å². The van der Waals surface area contributed by atoms with E-state index in [1.54, 1.807) is 0 Å². The Morgan fingerprint density at radius 1 is 1.12 bits per heavy atom. The van der Waals surface area contributed by atoms with Crippen LogP contribution in [0.3, 0.4) is 0 Å². The fourth-order valence-electron chi connectivity index (χ4n) is 3.49. The summed E-state index contributed by atoms with van der Waals surface area (Å²) < 4.78 is 2.18. The number of fused-ring (bicyclic) bond motifs is 1. The number of aromatic nitrogens is 3. The Bertz CT molecular complexity index is 928. The van der Waals surface area contributed by atoms with Crippen molar-refractivity contribution in [2.24, 2.45) is 0 Å². The van der Waals surface area contributed by atoms with Crippen LogP contribution in [0.4, 0.5) is 0 Å². The van der Waals surface area contributed by atoms with Gasteiger partial charge in [-0.2, -0.15) is 5.10 Å². The number of benzene rings is 1. The maximum absolute atomic E-state index is 6.23. The molecule has 2 aromatic heterocycles. The smallest absolute Gasteiger partial charge is 0.100 e. The zero-order chi connectivity index (χ0) is 17.6. The number of hydrogen-bond donors (Lipinski definition) is 1. The number of hydrogen-bond acceptors (Lipinski definition) is 3. The summed E-state index contributed by atoms with van der Waals surface area (Å²) in [7, 11) is 0. The van der Waals surface area contributed by atoms with Crippen molar-refractivity contribution in [2.45, 2.75) is 32.9 Å². The molecule has 0 spiro atoms. The van der Waals surface area contributed by atoms with Gasteiger partial charge in [0.2, 0.25) is 0 Å². The topological polar surface area (TPSA) is 42.7 Å². The molecule has 3 heterocycles. The van der Waals surface area contributed by atoms with Gasteiger partial charge in [-0.25, -0.2) is 0 Å². The molecule has 0 atom stereocenters. The molecule has 0 saturated heterocycles. The molecule has 0 fully saturated rings. The normalized spacial score (nSPS) is 15.8. The molecule has 0 aliphatic carbocycles. The van der Waals surface area contributed by atoms with Crippen molar-refractivity contribution < 1.29 is 0 Å². The Hall–Kier alpha value is -2.17. The number of aryl methyl sites for hydroxylation is 1. The molecule has 0 amide bonds. The number of nitrogens with zero attached hydrogens (tertiary/aromatic N) is 3. The van der Waals surface area contributed by atoms with E-state index in [1.807, 2.05) is 37.5 Å². The number of halogens is 1. The predicted octanol–water partition coefficient (Wildman–Crippen LogP) is 4.41.